The second-order valence-electron chi connectivity index (χ2n) is 7.05. The van der Waals surface area contributed by atoms with Crippen LogP contribution in [0, 0.1) is 0 Å². The Kier molecular flexibility index (Phi) is 4.30. The highest BCUT2D eigenvalue weighted by atomic mass is 32.1. The Morgan fingerprint density at radius 1 is 0.893 bits per heavy atom. The minimum absolute atomic E-state index is 0.0510. The van der Waals surface area contributed by atoms with Crippen LogP contribution in [0.1, 0.15) is 33.1 Å². The highest BCUT2D eigenvalue weighted by Crippen LogP contribution is 2.36. The van der Waals surface area contributed by atoms with Gasteiger partial charge < -0.3 is 4.98 Å². The fourth-order valence-corrected chi connectivity index (χ4v) is 4.75. The van der Waals surface area contributed by atoms with Crippen molar-refractivity contribution >= 4 is 38.8 Å². The zero-order valence-electron chi connectivity index (χ0n) is 15.3. The molecule has 3 aromatic carbocycles. The van der Waals surface area contributed by atoms with Crippen LogP contribution in [0.15, 0.2) is 90.4 Å². The molecule has 1 atom stereocenters. The second kappa shape index (κ2) is 7.10. The maximum atomic E-state index is 13.2. The number of Topliss-reactive ketones (excluding diaryl/α,β-unsaturated/α-hetero) is 1. The molecule has 1 N–H and O–H groups in total. The topological polar surface area (TPSA) is 32.9 Å². The summed E-state index contributed by atoms with van der Waals surface area (Å²) in [5, 5.41) is 5.53. The molecule has 3 heteroatoms. The summed E-state index contributed by atoms with van der Waals surface area (Å²) in [6.45, 7) is 0. The maximum absolute atomic E-state index is 13.2. The molecule has 0 aliphatic heterocycles. The van der Waals surface area contributed by atoms with Gasteiger partial charge in [-0.1, -0.05) is 60.7 Å². The van der Waals surface area contributed by atoms with E-state index in [1.54, 1.807) is 11.3 Å². The highest BCUT2D eigenvalue weighted by molar-refractivity contribution is 7.10. The molecular weight excluding hydrogens is 362 g/mol. The molecule has 2 nitrogen and oxygen atoms in total. The molecule has 0 saturated carbocycles. The fourth-order valence-electron chi connectivity index (χ4n) is 3.90. The standard InChI is InChI=1S/C25H19NOS/c27-24(19-12-11-17-6-1-2-7-18(17)14-19)15-21(25-10-5-13-28-25)22-16-26-23-9-4-3-8-20(22)23/h1-14,16,21,26H,15H2. The number of ketones is 1. The van der Waals surface area contributed by atoms with Gasteiger partial charge in [0.25, 0.3) is 0 Å². The van der Waals surface area contributed by atoms with E-state index in [2.05, 4.69) is 59.0 Å². The summed E-state index contributed by atoms with van der Waals surface area (Å²) in [5.74, 6) is 0.226. The van der Waals surface area contributed by atoms with Crippen molar-refractivity contribution < 1.29 is 4.79 Å². The van der Waals surface area contributed by atoms with Crippen LogP contribution in [-0.4, -0.2) is 10.8 Å². The summed E-state index contributed by atoms with van der Waals surface area (Å²) in [6.07, 6.45) is 2.52. The van der Waals surface area contributed by atoms with Crippen molar-refractivity contribution in [1.29, 1.82) is 0 Å². The fraction of sp³-hybridized carbons (Fsp3) is 0.0800. The summed E-state index contributed by atoms with van der Waals surface area (Å²) in [5.41, 5.74) is 3.07. The third kappa shape index (κ3) is 3.04. The molecule has 1 unspecified atom stereocenters. The first-order chi connectivity index (χ1) is 13.8. The lowest BCUT2D eigenvalue weighted by Crippen LogP contribution is -2.08. The van der Waals surface area contributed by atoms with Crippen LogP contribution in [0.25, 0.3) is 21.7 Å². The Morgan fingerprint density at radius 2 is 1.71 bits per heavy atom. The van der Waals surface area contributed by atoms with E-state index in [0.29, 0.717) is 6.42 Å². The van der Waals surface area contributed by atoms with Crippen molar-refractivity contribution in [3.8, 4) is 0 Å². The zero-order valence-corrected chi connectivity index (χ0v) is 16.1. The summed E-state index contributed by atoms with van der Waals surface area (Å²) in [7, 11) is 0. The number of fused-ring (bicyclic) bond motifs is 2. The van der Waals surface area contributed by atoms with E-state index < -0.39 is 0 Å². The number of aromatic amines is 1. The van der Waals surface area contributed by atoms with E-state index in [4.69, 9.17) is 0 Å². The minimum Gasteiger partial charge on any atom is -0.361 e. The van der Waals surface area contributed by atoms with Crippen LogP contribution < -0.4 is 0 Å². The van der Waals surface area contributed by atoms with Gasteiger partial charge in [-0.3, -0.25) is 4.79 Å². The quantitative estimate of drug-likeness (QED) is 0.334. The van der Waals surface area contributed by atoms with E-state index in [9.17, 15) is 4.79 Å². The third-order valence-electron chi connectivity index (χ3n) is 5.34. The molecule has 2 heterocycles. The van der Waals surface area contributed by atoms with Crippen LogP contribution >= 0.6 is 11.3 Å². The molecule has 0 aliphatic rings. The Balaban J connectivity index is 1.54. The molecule has 0 radical (unpaired) electrons. The van der Waals surface area contributed by atoms with Crippen molar-refractivity contribution in [2.75, 3.05) is 0 Å². The molecule has 0 bridgehead atoms. The van der Waals surface area contributed by atoms with Crippen LogP contribution in [0.3, 0.4) is 0 Å². The van der Waals surface area contributed by atoms with Gasteiger partial charge in [0.1, 0.15) is 0 Å². The Labute approximate surface area is 167 Å². The molecule has 0 spiro atoms. The number of benzene rings is 3. The average molecular weight is 382 g/mol. The number of aromatic nitrogens is 1. The number of carbonyl (C=O) groups excluding carboxylic acids is 1. The summed E-state index contributed by atoms with van der Waals surface area (Å²) in [6, 6.07) is 26.6. The van der Waals surface area contributed by atoms with Gasteiger partial charge in [-0.05, 0) is 39.9 Å². The van der Waals surface area contributed by atoms with Crippen LogP contribution in [0.2, 0.25) is 0 Å². The second-order valence-corrected chi connectivity index (χ2v) is 8.03. The van der Waals surface area contributed by atoms with Crippen molar-refractivity contribution in [2.45, 2.75) is 12.3 Å². The molecule has 0 amide bonds. The molecule has 2 aromatic heterocycles. The van der Waals surface area contributed by atoms with Gasteiger partial charge in [0.2, 0.25) is 0 Å². The summed E-state index contributed by atoms with van der Waals surface area (Å²) >= 11 is 1.71. The number of para-hydroxylation sites is 1. The number of hydrogen-bond donors (Lipinski definition) is 1. The van der Waals surface area contributed by atoms with E-state index in [1.165, 1.54) is 15.8 Å². The smallest absolute Gasteiger partial charge is 0.163 e. The monoisotopic (exact) mass is 381 g/mol. The Hall–Kier alpha value is -3.17. The first-order valence-electron chi connectivity index (χ1n) is 9.41. The molecule has 136 valence electrons. The van der Waals surface area contributed by atoms with E-state index >= 15 is 0 Å². The van der Waals surface area contributed by atoms with Crippen LogP contribution in [0.4, 0.5) is 0 Å². The van der Waals surface area contributed by atoms with Gasteiger partial charge in [0, 0.05) is 39.9 Å². The van der Waals surface area contributed by atoms with Crippen molar-refractivity contribution in [3.05, 3.63) is 106 Å². The molecule has 0 aliphatic carbocycles. The number of hydrogen-bond acceptors (Lipinski definition) is 2. The first kappa shape index (κ1) is 17.0. The molecule has 28 heavy (non-hydrogen) atoms. The van der Waals surface area contributed by atoms with E-state index in [0.717, 1.165) is 21.9 Å². The lowest BCUT2D eigenvalue weighted by Gasteiger charge is -2.15. The number of carbonyl (C=O) groups is 1. The molecule has 5 aromatic rings. The number of nitrogens with one attached hydrogen (secondary N) is 1. The van der Waals surface area contributed by atoms with Crippen molar-refractivity contribution in [2.24, 2.45) is 0 Å². The predicted molar refractivity (Wildman–Crippen MR) is 117 cm³/mol. The van der Waals surface area contributed by atoms with Gasteiger partial charge in [0.15, 0.2) is 5.78 Å². The Bertz CT molecular complexity index is 1270. The van der Waals surface area contributed by atoms with Crippen LogP contribution in [-0.2, 0) is 0 Å². The van der Waals surface area contributed by atoms with Gasteiger partial charge in [0.05, 0.1) is 0 Å². The minimum atomic E-state index is 0.0510. The first-order valence-corrected chi connectivity index (χ1v) is 10.3. The normalized spacial score (nSPS) is 12.4. The molecule has 0 fully saturated rings. The van der Waals surface area contributed by atoms with Gasteiger partial charge in [-0.2, -0.15) is 0 Å². The van der Waals surface area contributed by atoms with Crippen molar-refractivity contribution in [3.63, 3.8) is 0 Å². The number of H-pyrrole nitrogens is 1. The van der Waals surface area contributed by atoms with Crippen LogP contribution in [0.5, 0.6) is 0 Å². The SMILES string of the molecule is O=C(CC(c1cccs1)c1c[nH]c2ccccc12)c1ccc2ccccc2c1. The average Bonchev–Trinajstić information content (AvgIpc) is 3.42. The highest BCUT2D eigenvalue weighted by Gasteiger charge is 2.23. The van der Waals surface area contributed by atoms with Gasteiger partial charge in [-0.25, -0.2) is 0 Å². The molecular formula is C25H19NOS. The van der Waals surface area contributed by atoms with Crippen molar-refractivity contribution in [1.82, 2.24) is 4.98 Å². The summed E-state index contributed by atoms with van der Waals surface area (Å²) < 4.78 is 0. The molecule has 5 rings (SSSR count). The van der Waals surface area contributed by atoms with E-state index in [-0.39, 0.29) is 11.7 Å². The summed E-state index contributed by atoms with van der Waals surface area (Å²) in [4.78, 5) is 17.8. The largest absolute Gasteiger partial charge is 0.361 e. The zero-order chi connectivity index (χ0) is 18.9. The molecule has 0 saturated heterocycles. The van der Waals surface area contributed by atoms with E-state index in [1.807, 2.05) is 36.4 Å². The number of rotatable bonds is 5. The maximum Gasteiger partial charge on any atom is 0.163 e. The number of thiophene rings is 1. The Morgan fingerprint density at radius 3 is 2.57 bits per heavy atom. The lowest BCUT2D eigenvalue weighted by molar-refractivity contribution is 0.0978. The van der Waals surface area contributed by atoms with Gasteiger partial charge >= 0.3 is 0 Å². The third-order valence-corrected chi connectivity index (χ3v) is 6.33. The lowest BCUT2D eigenvalue weighted by atomic mass is 9.89. The van der Waals surface area contributed by atoms with Gasteiger partial charge in [-0.15, -0.1) is 11.3 Å². The predicted octanol–water partition coefficient (Wildman–Crippen LogP) is 6.79.